The normalized spacial score (nSPS) is 13.4. The van der Waals surface area contributed by atoms with Gasteiger partial charge in [0.05, 0.1) is 7.11 Å². The fourth-order valence-electron chi connectivity index (χ4n) is 4.96. The minimum Gasteiger partial charge on any atom is -0.507 e. The lowest BCUT2D eigenvalue weighted by atomic mass is 9.94. The van der Waals surface area contributed by atoms with Gasteiger partial charge in [-0.1, -0.05) is 77.5 Å². The van der Waals surface area contributed by atoms with Crippen molar-refractivity contribution in [3.05, 3.63) is 53.6 Å². The van der Waals surface area contributed by atoms with Crippen LogP contribution in [0.2, 0.25) is 0 Å². The van der Waals surface area contributed by atoms with Crippen molar-refractivity contribution in [2.24, 2.45) is 5.92 Å². The molecule has 3 unspecified atom stereocenters. The van der Waals surface area contributed by atoms with Crippen LogP contribution in [0.4, 0.5) is 10.5 Å². The van der Waals surface area contributed by atoms with E-state index in [1.165, 1.54) is 4.90 Å². The molecular weight excluding hydrogens is 558 g/mol. The topological polar surface area (TPSA) is 117 Å². The molecule has 0 heterocycles. The Labute approximate surface area is 263 Å². The van der Waals surface area contributed by atoms with E-state index < -0.39 is 35.6 Å². The lowest BCUT2D eigenvalue weighted by Crippen LogP contribution is -2.55. The van der Waals surface area contributed by atoms with Crippen LogP contribution in [0.5, 0.6) is 11.5 Å². The predicted octanol–water partition coefficient (Wildman–Crippen LogP) is 7.52. The lowest BCUT2D eigenvalue weighted by Gasteiger charge is -2.36. The van der Waals surface area contributed by atoms with E-state index in [0.717, 1.165) is 32.1 Å². The zero-order chi connectivity index (χ0) is 32.9. The smallest absolute Gasteiger partial charge is 0.408 e. The highest BCUT2D eigenvalue weighted by Crippen LogP contribution is 2.34. The van der Waals surface area contributed by atoms with E-state index in [1.54, 1.807) is 77.3 Å². The third-order valence-corrected chi connectivity index (χ3v) is 7.67. The fraction of sp³-hybridized carbons (Fsp3) is 0.571. The minimum atomic E-state index is -1.16. The standard InChI is InChI=1S/C35H53N3O6/c1-9-11-12-13-14-15-23-38(33(41)29(24(3)10-2)37-34(42)44-35(5,6)7)30(28-18-16-17-25(4)31(28)39)32(40)36-26-19-21-27(43-8)22-20-26/h16-22,24,29-30,39H,9-15,23H2,1-8H3,(H,36,40)(H,37,42). The Morgan fingerprint density at radius 2 is 1.59 bits per heavy atom. The quantitative estimate of drug-likeness (QED) is 0.169. The fourth-order valence-corrected chi connectivity index (χ4v) is 4.96. The van der Waals surface area contributed by atoms with E-state index in [0.29, 0.717) is 35.4 Å². The van der Waals surface area contributed by atoms with E-state index >= 15 is 0 Å². The monoisotopic (exact) mass is 611 g/mol. The van der Waals surface area contributed by atoms with E-state index in [4.69, 9.17) is 9.47 Å². The number of phenolic OH excluding ortho intramolecular Hbond substituents is 1. The van der Waals surface area contributed by atoms with Gasteiger partial charge in [0.25, 0.3) is 5.91 Å². The van der Waals surface area contributed by atoms with Gasteiger partial charge >= 0.3 is 6.09 Å². The molecule has 0 aromatic heterocycles. The van der Waals surface area contributed by atoms with Crippen molar-refractivity contribution in [1.82, 2.24) is 10.2 Å². The number of ether oxygens (including phenoxy) is 2. The summed E-state index contributed by atoms with van der Waals surface area (Å²) in [4.78, 5) is 43.1. The van der Waals surface area contributed by atoms with Crippen molar-refractivity contribution >= 4 is 23.6 Å². The molecular formula is C35H53N3O6. The molecule has 0 spiro atoms. The SMILES string of the molecule is CCCCCCCCN(C(=O)C(NC(=O)OC(C)(C)C)C(C)CC)C(C(=O)Nc1ccc(OC)cc1)c1cccc(C)c1O. The molecule has 3 N–H and O–H groups in total. The third-order valence-electron chi connectivity index (χ3n) is 7.67. The number of nitrogens with one attached hydrogen (secondary N) is 2. The molecule has 3 amide bonds. The highest BCUT2D eigenvalue weighted by Gasteiger charge is 2.39. The second-order valence-electron chi connectivity index (χ2n) is 12.4. The summed E-state index contributed by atoms with van der Waals surface area (Å²) in [6.45, 7) is 13.3. The van der Waals surface area contributed by atoms with Gasteiger partial charge in [0.1, 0.15) is 29.2 Å². The van der Waals surface area contributed by atoms with E-state index in [9.17, 15) is 19.5 Å². The number of hydrogen-bond donors (Lipinski definition) is 3. The minimum absolute atomic E-state index is 0.0525. The second-order valence-corrected chi connectivity index (χ2v) is 12.4. The maximum absolute atomic E-state index is 14.5. The number of unbranched alkanes of at least 4 members (excludes halogenated alkanes) is 5. The number of nitrogens with zero attached hydrogens (tertiary/aromatic N) is 1. The number of alkyl carbamates (subject to hydrolysis) is 1. The molecule has 2 rings (SSSR count). The van der Waals surface area contributed by atoms with Crippen LogP contribution in [-0.2, 0) is 14.3 Å². The van der Waals surface area contributed by atoms with Crippen LogP contribution in [0.3, 0.4) is 0 Å². The zero-order valence-corrected chi connectivity index (χ0v) is 27.9. The van der Waals surface area contributed by atoms with Gasteiger partial charge in [0.15, 0.2) is 0 Å². The largest absolute Gasteiger partial charge is 0.507 e. The van der Waals surface area contributed by atoms with Gasteiger partial charge < -0.3 is 30.1 Å². The molecule has 3 atom stereocenters. The van der Waals surface area contributed by atoms with Crippen LogP contribution in [0.15, 0.2) is 42.5 Å². The molecule has 244 valence electrons. The molecule has 9 nitrogen and oxygen atoms in total. The zero-order valence-electron chi connectivity index (χ0n) is 27.9. The Bertz CT molecular complexity index is 1210. The Balaban J connectivity index is 2.58. The van der Waals surface area contributed by atoms with E-state index in [-0.39, 0.29) is 18.2 Å². The summed E-state index contributed by atoms with van der Waals surface area (Å²) < 4.78 is 10.8. The third kappa shape index (κ3) is 11.1. The van der Waals surface area contributed by atoms with Crippen LogP contribution < -0.4 is 15.4 Å². The van der Waals surface area contributed by atoms with Crippen molar-refractivity contribution in [2.75, 3.05) is 19.0 Å². The maximum Gasteiger partial charge on any atom is 0.408 e. The van der Waals surface area contributed by atoms with Crippen LogP contribution in [0.25, 0.3) is 0 Å². The van der Waals surface area contributed by atoms with Crippen molar-refractivity contribution in [3.8, 4) is 11.5 Å². The number of rotatable bonds is 16. The number of aromatic hydroxyl groups is 1. The second kappa shape index (κ2) is 17.5. The van der Waals surface area contributed by atoms with Crippen molar-refractivity contribution in [2.45, 2.75) is 111 Å². The van der Waals surface area contributed by atoms with Gasteiger partial charge in [0.2, 0.25) is 5.91 Å². The van der Waals surface area contributed by atoms with Gasteiger partial charge in [-0.2, -0.15) is 0 Å². The first-order valence-corrected chi connectivity index (χ1v) is 15.9. The Hall–Kier alpha value is -3.75. The molecule has 0 aliphatic carbocycles. The number of anilines is 1. The number of carbonyl (C=O) groups is 3. The van der Waals surface area contributed by atoms with Gasteiger partial charge in [-0.15, -0.1) is 0 Å². The number of benzene rings is 2. The van der Waals surface area contributed by atoms with Crippen LogP contribution in [-0.4, -0.2) is 53.2 Å². The molecule has 0 aliphatic rings. The summed E-state index contributed by atoms with van der Waals surface area (Å²) in [6, 6.07) is 9.98. The van der Waals surface area contributed by atoms with Gasteiger partial charge in [-0.3, -0.25) is 9.59 Å². The van der Waals surface area contributed by atoms with Gasteiger partial charge in [-0.05, 0) is 69.9 Å². The number of amides is 3. The molecule has 2 aromatic rings. The summed E-state index contributed by atoms with van der Waals surface area (Å²) in [6.07, 6.45) is 5.82. The molecule has 9 heteroatoms. The summed E-state index contributed by atoms with van der Waals surface area (Å²) in [5.41, 5.74) is 0.669. The molecule has 0 saturated carbocycles. The summed E-state index contributed by atoms with van der Waals surface area (Å²) in [7, 11) is 1.56. The number of methoxy groups -OCH3 is 1. The van der Waals surface area contributed by atoms with E-state index in [2.05, 4.69) is 17.6 Å². The average molecular weight is 612 g/mol. The molecule has 0 fully saturated rings. The predicted molar refractivity (Wildman–Crippen MR) is 175 cm³/mol. The lowest BCUT2D eigenvalue weighted by molar-refractivity contribution is -0.142. The summed E-state index contributed by atoms with van der Waals surface area (Å²) >= 11 is 0. The first-order valence-electron chi connectivity index (χ1n) is 15.9. The molecule has 0 saturated heterocycles. The molecule has 2 aromatic carbocycles. The highest BCUT2D eigenvalue weighted by molar-refractivity contribution is 5.99. The highest BCUT2D eigenvalue weighted by atomic mass is 16.6. The Morgan fingerprint density at radius 1 is 0.955 bits per heavy atom. The molecule has 0 radical (unpaired) electrons. The van der Waals surface area contributed by atoms with Crippen LogP contribution >= 0.6 is 0 Å². The Morgan fingerprint density at radius 3 is 2.18 bits per heavy atom. The molecule has 0 aliphatic heterocycles. The van der Waals surface area contributed by atoms with Crippen molar-refractivity contribution in [3.63, 3.8) is 0 Å². The van der Waals surface area contributed by atoms with Gasteiger partial charge in [0, 0.05) is 17.8 Å². The number of para-hydroxylation sites is 1. The number of carbonyl (C=O) groups excluding carboxylic acids is 3. The number of hydrogen-bond acceptors (Lipinski definition) is 6. The summed E-state index contributed by atoms with van der Waals surface area (Å²) in [5, 5.41) is 16.9. The maximum atomic E-state index is 14.5. The first kappa shape index (κ1) is 36.4. The van der Waals surface area contributed by atoms with Crippen molar-refractivity contribution < 1.29 is 29.0 Å². The number of aryl methyl sites for hydroxylation is 1. The Kier molecular flexibility index (Phi) is 14.5. The molecule has 0 bridgehead atoms. The molecule has 44 heavy (non-hydrogen) atoms. The van der Waals surface area contributed by atoms with E-state index in [1.807, 2.05) is 13.8 Å². The van der Waals surface area contributed by atoms with Crippen molar-refractivity contribution in [1.29, 1.82) is 0 Å². The average Bonchev–Trinajstić information content (AvgIpc) is 2.97. The van der Waals surface area contributed by atoms with Gasteiger partial charge in [-0.25, -0.2) is 4.79 Å². The number of phenols is 1. The van der Waals surface area contributed by atoms with Crippen LogP contribution in [0.1, 0.15) is 104 Å². The first-order chi connectivity index (χ1) is 20.8. The van der Waals surface area contributed by atoms with Crippen LogP contribution in [0, 0.1) is 12.8 Å². The summed E-state index contributed by atoms with van der Waals surface area (Å²) in [5.74, 6) is -0.549.